The van der Waals surface area contributed by atoms with Crippen molar-refractivity contribution in [3.8, 4) is 11.5 Å². The summed E-state index contributed by atoms with van der Waals surface area (Å²) < 4.78 is 11.0. The Hall–Kier alpha value is -0.940. The number of ether oxygens (including phenoxy) is 2. The fourth-order valence-electron chi connectivity index (χ4n) is 2.06. The molecule has 0 bridgehead atoms. The molecule has 2 aromatic rings. The Labute approximate surface area is 130 Å². The van der Waals surface area contributed by atoms with Gasteiger partial charge < -0.3 is 14.6 Å². The summed E-state index contributed by atoms with van der Waals surface area (Å²) in [5, 5.41) is 13.4. The van der Waals surface area contributed by atoms with Crippen molar-refractivity contribution in [3.05, 3.63) is 43.6 Å². The number of halogens is 2. The lowest BCUT2D eigenvalue weighted by molar-refractivity contribution is 0.170. The van der Waals surface area contributed by atoms with E-state index in [1.807, 2.05) is 12.3 Å². The third-order valence-corrected chi connectivity index (χ3v) is 5.22. The average Bonchev–Trinajstić information content (AvgIpc) is 2.77. The molecule has 3 nitrogen and oxygen atoms in total. The van der Waals surface area contributed by atoms with Crippen molar-refractivity contribution < 1.29 is 14.6 Å². The van der Waals surface area contributed by atoms with E-state index in [4.69, 9.17) is 32.7 Å². The molecule has 1 aromatic carbocycles. The SMILES string of the molecule is Cc1csc(C(O)c2cc3c(cc2Cl)OCCO3)c1Cl. The highest BCUT2D eigenvalue weighted by Crippen LogP contribution is 2.42. The Bertz CT molecular complexity index is 654. The highest BCUT2D eigenvalue weighted by Gasteiger charge is 2.23. The smallest absolute Gasteiger partial charge is 0.162 e. The molecule has 0 fully saturated rings. The molecular formula is C14H12Cl2O3S. The van der Waals surface area contributed by atoms with E-state index in [1.165, 1.54) is 11.3 Å². The maximum Gasteiger partial charge on any atom is 0.162 e. The molecule has 1 aromatic heterocycles. The van der Waals surface area contributed by atoms with E-state index < -0.39 is 6.10 Å². The molecule has 20 heavy (non-hydrogen) atoms. The van der Waals surface area contributed by atoms with Crippen LogP contribution < -0.4 is 9.47 Å². The topological polar surface area (TPSA) is 38.7 Å². The number of fused-ring (bicyclic) bond motifs is 1. The van der Waals surface area contributed by atoms with Crippen molar-refractivity contribution in [2.45, 2.75) is 13.0 Å². The van der Waals surface area contributed by atoms with Gasteiger partial charge in [-0.25, -0.2) is 0 Å². The summed E-state index contributed by atoms with van der Waals surface area (Å²) in [7, 11) is 0. The zero-order valence-corrected chi connectivity index (χ0v) is 13.0. The first-order chi connectivity index (χ1) is 9.58. The van der Waals surface area contributed by atoms with Crippen molar-refractivity contribution in [2.75, 3.05) is 13.2 Å². The lowest BCUT2D eigenvalue weighted by atomic mass is 10.1. The molecule has 6 heteroatoms. The van der Waals surface area contributed by atoms with E-state index in [1.54, 1.807) is 12.1 Å². The number of aliphatic hydroxyl groups excluding tert-OH is 1. The minimum absolute atomic E-state index is 0.434. The largest absolute Gasteiger partial charge is 0.486 e. The highest BCUT2D eigenvalue weighted by atomic mass is 35.5. The number of benzene rings is 1. The van der Waals surface area contributed by atoms with Crippen molar-refractivity contribution in [1.29, 1.82) is 0 Å². The van der Waals surface area contributed by atoms with Gasteiger partial charge in [-0.05, 0) is 23.9 Å². The van der Waals surface area contributed by atoms with Crippen LogP contribution in [0.15, 0.2) is 17.5 Å². The number of hydrogen-bond donors (Lipinski definition) is 1. The van der Waals surface area contributed by atoms with Crippen LogP contribution in [0, 0.1) is 6.92 Å². The zero-order chi connectivity index (χ0) is 14.3. The number of aliphatic hydroxyl groups is 1. The van der Waals surface area contributed by atoms with Crippen LogP contribution in [0.4, 0.5) is 0 Å². The van der Waals surface area contributed by atoms with Crippen molar-refractivity contribution in [2.24, 2.45) is 0 Å². The minimum atomic E-state index is -0.871. The number of aryl methyl sites for hydroxylation is 1. The van der Waals surface area contributed by atoms with Gasteiger partial charge >= 0.3 is 0 Å². The van der Waals surface area contributed by atoms with E-state index in [2.05, 4.69) is 0 Å². The first-order valence-electron chi connectivity index (χ1n) is 6.08. The summed E-state index contributed by atoms with van der Waals surface area (Å²) in [5.74, 6) is 1.20. The van der Waals surface area contributed by atoms with Gasteiger partial charge in [-0.15, -0.1) is 11.3 Å². The Morgan fingerprint density at radius 3 is 2.45 bits per heavy atom. The van der Waals surface area contributed by atoms with Crippen LogP contribution in [0.5, 0.6) is 11.5 Å². The second-order valence-corrected chi connectivity index (χ2v) is 6.21. The molecule has 0 aliphatic carbocycles. The lowest BCUT2D eigenvalue weighted by Crippen LogP contribution is -2.16. The molecule has 3 rings (SSSR count). The normalized spacial score (nSPS) is 15.2. The molecule has 0 saturated heterocycles. The molecule has 0 radical (unpaired) electrons. The molecule has 1 aliphatic heterocycles. The van der Waals surface area contributed by atoms with E-state index >= 15 is 0 Å². The predicted octanol–water partition coefficient (Wildman–Crippen LogP) is 4.22. The first kappa shape index (κ1) is 14.0. The fourth-order valence-corrected chi connectivity index (χ4v) is 3.62. The van der Waals surface area contributed by atoms with Crippen LogP contribution in [0.1, 0.15) is 22.1 Å². The van der Waals surface area contributed by atoms with Gasteiger partial charge in [0.25, 0.3) is 0 Å². The van der Waals surface area contributed by atoms with E-state index in [9.17, 15) is 5.11 Å². The van der Waals surface area contributed by atoms with Gasteiger partial charge in [-0.1, -0.05) is 23.2 Å². The number of rotatable bonds is 2. The molecule has 1 N–H and O–H groups in total. The van der Waals surface area contributed by atoms with E-state index in [-0.39, 0.29) is 0 Å². The number of thiophene rings is 1. The Kier molecular flexibility index (Phi) is 3.82. The maximum absolute atomic E-state index is 10.5. The summed E-state index contributed by atoms with van der Waals surface area (Å²) in [6.07, 6.45) is -0.871. The molecule has 1 unspecified atom stereocenters. The first-order valence-corrected chi connectivity index (χ1v) is 7.72. The summed E-state index contributed by atoms with van der Waals surface area (Å²) in [5.41, 5.74) is 1.51. The van der Waals surface area contributed by atoms with Gasteiger partial charge in [0.05, 0.1) is 14.9 Å². The Balaban J connectivity index is 2.03. The minimum Gasteiger partial charge on any atom is -0.486 e. The summed E-state index contributed by atoms with van der Waals surface area (Å²) in [6, 6.07) is 3.38. The van der Waals surface area contributed by atoms with Crippen LogP contribution >= 0.6 is 34.5 Å². The molecule has 0 spiro atoms. The molecule has 1 aliphatic rings. The van der Waals surface area contributed by atoms with Gasteiger partial charge in [-0.2, -0.15) is 0 Å². The quantitative estimate of drug-likeness (QED) is 0.896. The third-order valence-electron chi connectivity index (χ3n) is 3.13. The molecule has 1 atom stereocenters. The van der Waals surface area contributed by atoms with Crippen LogP contribution in [0.25, 0.3) is 0 Å². The van der Waals surface area contributed by atoms with E-state index in [0.29, 0.717) is 45.2 Å². The monoisotopic (exact) mass is 330 g/mol. The summed E-state index contributed by atoms with van der Waals surface area (Å²) >= 11 is 13.8. The standard InChI is InChI=1S/C14H12Cl2O3S/c1-7-6-20-14(12(7)16)13(17)8-4-10-11(5-9(8)15)19-3-2-18-10/h4-6,13,17H,2-3H2,1H3. The van der Waals surface area contributed by atoms with Gasteiger partial charge in [-0.3, -0.25) is 0 Å². The average molecular weight is 331 g/mol. The van der Waals surface area contributed by atoms with Crippen molar-refractivity contribution >= 4 is 34.5 Å². The molecular weight excluding hydrogens is 319 g/mol. The van der Waals surface area contributed by atoms with Crippen LogP contribution in [0.3, 0.4) is 0 Å². The Morgan fingerprint density at radius 1 is 1.20 bits per heavy atom. The van der Waals surface area contributed by atoms with Crippen LogP contribution in [-0.2, 0) is 0 Å². The van der Waals surface area contributed by atoms with Gasteiger partial charge in [0.1, 0.15) is 19.3 Å². The van der Waals surface area contributed by atoms with Crippen LogP contribution in [0.2, 0.25) is 10.0 Å². The maximum atomic E-state index is 10.5. The Morgan fingerprint density at radius 2 is 1.85 bits per heavy atom. The van der Waals surface area contributed by atoms with Gasteiger partial charge in [0.15, 0.2) is 11.5 Å². The van der Waals surface area contributed by atoms with Gasteiger partial charge in [0, 0.05) is 11.6 Å². The zero-order valence-electron chi connectivity index (χ0n) is 10.7. The molecule has 106 valence electrons. The van der Waals surface area contributed by atoms with Crippen molar-refractivity contribution in [3.63, 3.8) is 0 Å². The van der Waals surface area contributed by atoms with Crippen LogP contribution in [-0.4, -0.2) is 18.3 Å². The van der Waals surface area contributed by atoms with E-state index in [0.717, 1.165) is 5.56 Å². The fraction of sp³-hybridized carbons (Fsp3) is 0.286. The number of hydrogen-bond acceptors (Lipinski definition) is 4. The second kappa shape index (κ2) is 5.45. The molecule has 2 heterocycles. The highest BCUT2D eigenvalue weighted by molar-refractivity contribution is 7.10. The molecule has 0 saturated carbocycles. The second-order valence-electron chi connectivity index (χ2n) is 4.52. The predicted molar refractivity (Wildman–Crippen MR) is 80.6 cm³/mol. The van der Waals surface area contributed by atoms with Gasteiger partial charge in [0.2, 0.25) is 0 Å². The third kappa shape index (κ3) is 2.37. The molecule has 0 amide bonds. The summed E-state index contributed by atoms with van der Waals surface area (Å²) in [4.78, 5) is 0.683. The lowest BCUT2D eigenvalue weighted by Gasteiger charge is -2.21. The van der Waals surface area contributed by atoms with Crippen molar-refractivity contribution in [1.82, 2.24) is 0 Å². The summed E-state index contributed by atoms with van der Waals surface area (Å²) in [6.45, 7) is 2.89.